The van der Waals surface area contributed by atoms with Gasteiger partial charge in [-0.15, -0.1) is 24.0 Å². The quantitative estimate of drug-likeness (QED) is 0.246. The number of halogens is 1. The van der Waals surface area contributed by atoms with Crippen LogP contribution in [0.3, 0.4) is 0 Å². The smallest absolute Gasteiger partial charge is 0.251 e. The van der Waals surface area contributed by atoms with E-state index >= 15 is 0 Å². The van der Waals surface area contributed by atoms with Crippen LogP contribution in [-0.2, 0) is 12.0 Å². The molecule has 2 aromatic carbocycles. The highest BCUT2D eigenvalue weighted by Crippen LogP contribution is 2.23. The van der Waals surface area contributed by atoms with Gasteiger partial charge >= 0.3 is 0 Å². The summed E-state index contributed by atoms with van der Waals surface area (Å²) in [7, 11) is 1.61. The van der Waals surface area contributed by atoms with Crippen molar-refractivity contribution in [3.05, 3.63) is 70.8 Å². The molecule has 0 radical (unpaired) electrons. The number of amides is 1. The van der Waals surface area contributed by atoms with E-state index in [0.717, 1.165) is 17.7 Å². The van der Waals surface area contributed by atoms with Gasteiger partial charge in [-0.3, -0.25) is 4.79 Å². The van der Waals surface area contributed by atoms with Gasteiger partial charge in [0.1, 0.15) is 0 Å². The van der Waals surface area contributed by atoms with Crippen molar-refractivity contribution in [1.29, 1.82) is 0 Å². The fourth-order valence-electron chi connectivity index (χ4n) is 2.93. The minimum absolute atomic E-state index is 0. The summed E-state index contributed by atoms with van der Waals surface area (Å²) in [6.07, 6.45) is -0.630. The molecular formula is C24H35IN4O2. The van der Waals surface area contributed by atoms with Crippen molar-refractivity contribution >= 4 is 35.8 Å². The highest BCUT2D eigenvalue weighted by Gasteiger charge is 2.15. The summed E-state index contributed by atoms with van der Waals surface area (Å²) in [5, 5.41) is 19.5. The van der Waals surface area contributed by atoms with Crippen LogP contribution in [0.15, 0.2) is 53.5 Å². The van der Waals surface area contributed by atoms with Gasteiger partial charge in [-0.25, -0.2) is 4.99 Å². The Morgan fingerprint density at radius 2 is 1.65 bits per heavy atom. The predicted octanol–water partition coefficient (Wildman–Crippen LogP) is 3.75. The first-order valence-corrected chi connectivity index (χ1v) is 10.4. The van der Waals surface area contributed by atoms with E-state index in [1.165, 1.54) is 5.56 Å². The molecule has 0 saturated carbocycles. The highest BCUT2D eigenvalue weighted by atomic mass is 127. The van der Waals surface area contributed by atoms with E-state index in [9.17, 15) is 9.90 Å². The third kappa shape index (κ3) is 8.49. The third-order valence-electron chi connectivity index (χ3n) is 4.83. The number of carbonyl (C=O) groups is 1. The van der Waals surface area contributed by atoms with E-state index in [0.29, 0.717) is 24.6 Å². The van der Waals surface area contributed by atoms with Crippen molar-refractivity contribution in [3.63, 3.8) is 0 Å². The van der Waals surface area contributed by atoms with Gasteiger partial charge < -0.3 is 21.1 Å². The second kappa shape index (κ2) is 12.7. The monoisotopic (exact) mass is 538 g/mol. The van der Waals surface area contributed by atoms with Crippen molar-refractivity contribution in [2.75, 3.05) is 20.1 Å². The van der Waals surface area contributed by atoms with Crippen LogP contribution in [0.2, 0.25) is 0 Å². The maximum Gasteiger partial charge on any atom is 0.251 e. The molecule has 0 spiro atoms. The summed E-state index contributed by atoms with van der Waals surface area (Å²) in [6.45, 7) is 10.1. The van der Waals surface area contributed by atoms with Crippen molar-refractivity contribution in [3.8, 4) is 0 Å². The van der Waals surface area contributed by atoms with Gasteiger partial charge in [0.15, 0.2) is 5.96 Å². The third-order valence-corrected chi connectivity index (χ3v) is 4.83. The molecule has 6 nitrogen and oxygen atoms in total. The Morgan fingerprint density at radius 1 is 1.03 bits per heavy atom. The zero-order valence-electron chi connectivity index (χ0n) is 19.0. The zero-order valence-corrected chi connectivity index (χ0v) is 21.4. The van der Waals surface area contributed by atoms with Crippen molar-refractivity contribution in [1.82, 2.24) is 16.0 Å². The fraction of sp³-hybridized carbons (Fsp3) is 0.417. The van der Waals surface area contributed by atoms with Crippen LogP contribution >= 0.6 is 24.0 Å². The lowest BCUT2D eigenvalue weighted by molar-refractivity contribution is 0.0963. The summed E-state index contributed by atoms with van der Waals surface area (Å²) in [6, 6.07) is 15.5. The molecule has 1 amide bonds. The maximum atomic E-state index is 11.6. The van der Waals surface area contributed by atoms with Crippen LogP contribution in [0.5, 0.6) is 0 Å². The van der Waals surface area contributed by atoms with Crippen LogP contribution in [-0.4, -0.2) is 37.1 Å². The van der Waals surface area contributed by atoms with Gasteiger partial charge in [-0.05, 0) is 41.2 Å². The van der Waals surface area contributed by atoms with E-state index in [1.807, 2.05) is 31.2 Å². The largest absolute Gasteiger partial charge is 0.387 e. The summed E-state index contributed by atoms with van der Waals surface area (Å²) in [5.74, 6) is 0.530. The van der Waals surface area contributed by atoms with Crippen LogP contribution in [0.1, 0.15) is 60.8 Å². The van der Waals surface area contributed by atoms with Gasteiger partial charge in [0.25, 0.3) is 5.91 Å². The number of aliphatic hydroxyl groups is 1. The topological polar surface area (TPSA) is 85.8 Å². The Labute approximate surface area is 203 Å². The van der Waals surface area contributed by atoms with E-state index < -0.39 is 6.10 Å². The van der Waals surface area contributed by atoms with Gasteiger partial charge in [0, 0.05) is 25.7 Å². The average Bonchev–Trinajstić information content (AvgIpc) is 2.74. The number of aliphatic hydroxyl groups excluding tert-OH is 1. The number of hydrogen-bond donors (Lipinski definition) is 4. The Morgan fingerprint density at radius 3 is 2.16 bits per heavy atom. The average molecular weight is 538 g/mol. The van der Waals surface area contributed by atoms with E-state index in [1.54, 1.807) is 19.2 Å². The number of aliphatic imine (C=N–C) groups is 1. The number of rotatable bonds is 7. The second-order valence-corrected chi connectivity index (χ2v) is 8.24. The predicted molar refractivity (Wildman–Crippen MR) is 138 cm³/mol. The number of hydrogen-bond acceptors (Lipinski definition) is 3. The lowest BCUT2D eigenvalue weighted by atomic mass is 9.86. The minimum Gasteiger partial charge on any atom is -0.387 e. The van der Waals surface area contributed by atoms with Crippen molar-refractivity contribution in [2.45, 2.75) is 45.8 Å². The standard InChI is InChI=1S/C24H34N4O2.HI/c1-6-26-23(27-15-17-7-9-19(10-8-17)22(30)25-5)28-16-21(29)18-11-13-20(14-12-18)24(2,3)4;/h7-14,21,29H,6,15-16H2,1-5H3,(H,25,30)(H2,26,27,28);1H. The van der Waals surface area contributed by atoms with Crippen molar-refractivity contribution < 1.29 is 9.90 Å². The van der Waals surface area contributed by atoms with Gasteiger partial charge in [0.2, 0.25) is 0 Å². The van der Waals surface area contributed by atoms with E-state index in [-0.39, 0.29) is 35.3 Å². The molecular weight excluding hydrogens is 503 g/mol. The summed E-state index contributed by atoms with van der Waals surface area (Å²) in [4.78, 5) is 16.2. The molecule has 0 fully saturated rings. The van der Waals surface area contributed by atoms with Crippen LogP contribution in [0, 0.1) is 0 Å². The Bertz CT molecular complexity index is 843. The molecule has 0 aromatic heterocycles. The Kier molecular flexibility index (Phi) is 11.0. The molecule has 31 heavy (non-hydrogen) atoms. The number of benzene rings is 2. The van der Waals surface area contributed by atoms with Crippen LogP contribution < -0.4 is 16.0 Å². The molecule has 7 heteroatoms. The molecule has 2 rings (SSSR count). The summed E-state index contributed by atoms with van der Waals surface area (Å²) < 4.78 is 0. The highest BCUT2D eigenvalue weighted by molar-refractivity contribution is 14.0. The number of carbonyl (C=O) groups excluding carboxylic acids is 1. The molecule has 1 atom stereocenters. The Hall–Kier alpha value is -2.13. The number of guanidine groups is 1. The fourth-order valence-corrected chi connectivity index (χ4v) is 2.93. The molecule has 170 valence electrons. The molecule has 4 N–H and O–H groups in total. The molecule has 0 aliphatic carbocycles. The van der Waals surface area contributed by atoms with Crippen LogP contribution in [0.4, 0.5) is 0 Å². The van der Waals surface area contributed by atoms with Crippen LogP contribution in [0.25, 0.3) is 0 Å². The SMILES string of the molecule is CCNC(=NCc1ccc(C(=O)NC)cc1)NCC(O)c1ccc(C(C)(C)C)cc1.I. The lowest BCUT2D eigenvalue weighted by Crippen LogP contribution is -2.39. The zero-order chi connectivity index (χ0) is 22.1. The molecule has 0 aliphatic heterocycles. The normalized spacial score (nSPS) is 12.5. The molecule has 0 bridgehead atoms. The first-order valence-electron chi connectivity index (χ1n) is 10.4. The number of nitrogens with one attached hydrogen (secondary N) is 3. The van der Waals surface area contributed by atoms with Gasteiger partial charge in [0.05, 0.1) is 12.6 Å². The first-order chi connectivity index (χ1) is 14.2. The summed E-state index contributed by atoms with van der Waals surface area (Å²) >= 11 is 0. The maximum absolute atomic E-state index is 11.6. The molecule has 0 saturated heterocycles. The molecule has 2 aromatic rings. The van der Waals surface area contributed by atoms with E-state index in [4.69, 9.17) is 0 Å². The first kappa shape index (κ1) is 26.9. The molecule has 1 unspecified atom stereocenters. The minimum atomic E-state index is -0.630. The van der Waals surface area contributed by atoms with Crippen molar-refractivity contribution in [2.24, 2.45) is 4.99 Å². The van der Waals surface area contributed by atoms with Gasteiger partial charge in [-0.1, -0.05) is 57.2 Å². The van der Waals surface area contributed by atoms with E-state index in [2.05, 4.69) is 53.8 Å². The second-order valence-electron chi connectivity index (χ2n) is 8.24. The molecule has 0 heterocycles. The lowest BCUT2D eigenvalue weighted by Gasteiger charge is -2.20. The Balaban J connectivity index is 0.00000480. The molecule has 0 aliphatic rings. The summed E-state index contributed by atoms with van der Waals surface area (Å²) in [5.41, 5.74) is 3.82. The van der Waals surface area contributed by atoms with Gasteiger partial charge in [-0.2, -0.15) is 0 Å². The number of nitrogens with zero attached hydrogens (tertiary/aromatic N) is 1.